The van der Waals surface area contributed by atoms with Gasteiger partial charge in [-0.25, -0.2) is 9.37 Å². The van der Waals surface area contributed by atoms with E-state index in [1.54, 1.807) is 30.5 Å². The van der Waals surface area contributed by atoms with Gasteiger partial charge in [0.25, 0.3) is 0 Å². The normalized spacial score (nSPS) is 12.1. The maximum Gasteiger partial charge on any atom is 0.244 e. The van der Waals surface area contributed by atoms with E-state index in [0.717, 1.165) is 17.0 Å². The van der Waals surface area contributed by atoms with Gasteiger partial charge in [-0.15, -0.1) is 11.3 Å². The second-order valence-corrected chi connectivity index (χ2v) is 6.30. The summed E-state index contributed by atoms with van der Waals surface area (Å²) in [5.74, 6) is -0.875. The molecule has 2 amide bonds. The molecule has 1 heterocycles. The Labute approximate surface area is 150 Å². The molecule has 1 aromatic heterocycles. The molecule has 5 nitrogen and oxygen atoms in total. The second kappa shape index (κ2) is 9.08. The van der Waals surface area contributed by atoms with E-state index in [2.05, 4.69) is 15.6 Å². The first kappa shape index (κ1) is 18.8. The minimum atomic E-state index is -0.603. The van der Waals surface area contributed by atoms with Gasteiger partial charge in [-0.05, 0) is 43.7 Å². The highest BCUT2D eigenvalue weighted by Crippen LogP contribution is 2.24. The lowest BCUT2D eigenvalue weighted by Gasteiger charge is -2.12. The van der Waals surface area contributed by atoms with Crippen molar-refractivity contribution in [3.05, 3.63) is 47.2 Å². The van der Waals surface area contributed by atoms with Crippen molar-refractivity contribution in [3.63, 3.8) is 0 Å². The zero-order valence-electron chi connectivity index (χ0n) is 14.1. The van der Waals surface area contributed by atoms with Crippen molar-refractivity contribution in [1.82, 2.24) is 15.6 Å². The number of nitrogens with one attached hydrogen (secondary N) is 2. The van der Waals surface area contributed by atoms with Gasteiger partial charge in [-0.3, -0.25) is 9.59 Å². The number of amides is 2. The van der Waals surface area contributed by atoms with Crippen LogP contribution in [-0.2, 0) is 9.59 Å². The number of hydrogen-bond acceptors (Lipinski definition) is 4. The smallest absolute Gasteiger partial charge is 0.244 e. The van der Waals surface area contributed by atoms with Crippen LogP contribution in [0.2, 0.25) is 0 Å². The van der Waals surface area contributed by atoms with E-state index in [4.69, 9.17) is 0 Å². The monoisotopic (exact) mass is 361 g/mol. The van der Waals surface area contributed by atoms with Crippen LogP contribution in [0.4, 0.5) is 4.39 Å². The number of aromatic nitrogens is 1. The molecule has 0 bridgehead atoms. The average Bonchev–Trinajstić information content (AvgIpc) is 3.07. The molecule has 2 rings (SSSR count). The number of carbonyl (C=O) groups is 2. The molecule has 0 fully saturated rings. The summed E-state index contributed by atoms with van der Waals surface area (Å²) in [6.07, 6.45) is 3.76. The van der Waals surface area contributed by atoms with E-state index in [9.17, 15) is 14.0 Å². The van der Waals surface area contributed by atoms with Crippen LogP contribution in [0.3, 0.4) is 0 Å². The van der Waals surface area contributed by atoms with Crippen molar-refractivity contribution in [3.8, 4) is 10.6 Å². The van der Waals surface area contributed by atoms with Gasteiger partial charge < -0.3 is 10.6 Å². The minimum absolute atomic E-state index is 0.212. The quantitative estimate of drug-likeness (QED) is 0.745. The molecule has 1 atom stereocenters. The van der Waals surface area contributed by atoms with E-state index in [0.29, 0.717) is 12.2 Å². The molecule has 1 aromatic carbocycles. The Kier molecular flexibility index (Phi) is 6.82. The molecule has 25 heavy (non-hydrogen) atoms. The molecule has 0 aliphatic heterocycles. The van der Waals surface area contributed by atoms with Gasteiger partial charge in [0.1, 0.15) is 16.9 Å². The SMILES string of the molecule is CCCNC(=O)C(C)NC(=O)/C=C/c1csc(-c2ccc(F)cc2)n1. The van der Waals surface area contributed by atoms with E-state index >= 15 is 0 Å². The summed E-state index contributed by atoms with van der Waals surface area (Å²) < 4.78 is 12.9. The predicted octanol–water partition coefficient (Wildman–Crippen LogP) is 2.99. The maximum atomic E-state index is 12.9. The van der Waals surface area contributed by atoms with Gasteiger partial charge in [0, 0.05) is 23.6 Å². The van der Waals surface area contributed by atoms with E-state index in [1.807, 2.05) is 6.92 Å². The summed E-state index contributed by atoms with van der Waals surface area (Å²) in [5, 5.41) is 7.87. The van der Waals surface area contributed by atoms with Crippen LogP contribution in [0.15, 0.2) is 35.7 Å². The van der Waals surface area contributed by atoms with Gasteiger partial charge in [0.15, 0.2) is 0 Å². The highest BCUT2D eigenvalue weighted by atomic mass is 32.1. The molecule has 0 saturated heterocycles. The summed E-state index contributed by atoms with van der Waals surface area (Å²) in [6, 6.07) is 5.47. The highest BCUT2D eigenvalue weighted by Gasteiger charge is 2.13. The van der Waals surface area contributed by atoms with Crippen LogP contribution in [0, 0.1) is 5.82 Å². The zero-order chi connectivity index (χ0) is 18.2. The van der Waals surface area contributed by atoms with Crippen LogP contribution in [0.25, 0.3) is 16.6 Å². The summed E-state index contributed by atoms with van der Waals surface area (Å²) in [4.78, 5) is 28.0. The lowest BCUT2D eigenvalue weighted by molar-refractivity contribution is -0.126. The lowest BCUT2D eigenvalue weighted by Crippen LogP contribution is -2.44. The molecule has 0 aliphatic rings. The highest BCUT2D eigenvalue weighted by molar-refractivity contribution is 7.13. The minimum Gasteiger partial charge on any atom is -0.354 e. The fourth-order valence-corrected chi connectivity index (χ4v) is 2.77. The maximum absolute atomic E-state index is 12.9. The van der Waals surface area contributed by atoms with Crippen LogP contribution in [-0.4, -0.2) is 29.4 Å². The number of thiazole rings is 1. The topological polar surface area (TPSA) is 71.1 Å². The van der Waals surface area contributed by atoms with Crippen molar-refractivity contribution >= 4 is 29.2 Å². The molecule has 0 spiro atoms. The van der Waals surface area contributed by atoms with Crippen LogP contribution < -0.4 is 10.6 Å². The number of nitrogens with zero attached hydrogens (tertiary/aromatic N) is 1. The molecular formula is C18H20FN3O2S. The van der Waals surface area contributed by atoms with E-state index in [1.165, 1.54) is 29.5 Å². The molecule has 2 aromatic rings. The molecule has 0 saturated carbocycles. The van der Waals surface area contributed by atoms with Crippen molar-refractivity contribution in [1.29, 1.82) is 0 Å². The molecule has 2 N–H and O–H groups in total. The first-order valence-corrected chi connectivity index (χ1v) is 8.85. The third-order valence-electron chi connectivity index (χ3n) is 3.32. The third-order valence-corrected chi connectivity index (χ3v) is 4.23. The van der Waals surface area contributed by atoms with Gasteiger partial charge in [-0.1, -0.05) is 6.92 Å². The Morgan fingerprint density at radius 3 is 2.72 bits per heavy atom. The fourth-order valence-electron chi connectivity index (χ4n) is 1.98. The number of halogens is 1. The van der Waals surface area contributed by atoms with E-state index < -0.39 is 6.04 Å². The second-order valence-electron chi connectivity index (χ2n) is 5.44. The summed E-state index contributed by atoms with van der Waals surface area (Å²) >= 11 is 1.41. The molecule has 0 aliphatic carbocycles. The van der Waals surface area contributed by atoms with Gasteiger partial charge in [-0.2, -0.15) is 0 Å². The Bertz CT molecular complexity index is 756. The van der Waals surface area contributed by atoms with Gasteiger partial charge in [0.05, 0.1) is 5.69 Å². The molecule has 7 heteroatoms. The lowest BCUT2D eigenvalue weighted by atomic mass is 10.2. The van der Waals surface area contributed by atoms with Crippen molar-refractivity contribution < 1.29 is 14.0 Å². The van der Waals surface area contributed by atoms with Gasteiger partial charge >= 0.3 is 0 Å². The van der Waals surface area contributed by atoms with E-state index in [-0.39, 0.29) is 17.6 Å². The first-order valence-electron chi connectivity index (χ1n) is 7.97. The summed E-state index contributed by atoms with van der Waals surface area (Å²) in [6.45, 7) is 4.17. The Hall–Kier alpha value is -2.54. The van der Waals surface area contributed by atoms with Crippen LogP contribution >= 0.6 is 11.3 Å². The van der Waals surface area contributed by atoms with Gasteiger partial charge in [0.2, 0.25) is 11.8 Å². The Morgan fingerprint density at radius 2 is 2.04 bits per heavy atom. The molecular weight excluding hydrogens is 341 g/mol. The number of benzene rings is 1. The molecule has 0 radical (unpaired) electrons. The number of hydrogen-bond donors (Lipinski definition) is 2. The molecule has 1 unspecified atom stereocenters. The average molecular weight is 361 g/mol. The Balaban J connectivity index is 1.92. The van der Waals surface area contributed by atoms with Crippen molar-refractivity contribution in [2.24, 2.45) is 0 Å². The van der Waals surface area contributed by atoms with Crippen LogP contribution in [0.5, 0.6) is 0 Å². The van der Waals surface area contributed by atoms with Crippen molar-refractivity contribution in [2.45, 2.75) is 26.3 Å². The number of rotatable bonds is 7. The van der Waals surface area contributed by atoms with Crippen molar-refractivity contribution in [2.75, 3.05) is 6.54 Å². The van der Waals surface area contributed by atoms with Crippen LogP contribution in [0.1, 0.15) is 26.0 Å². The Morgan fingerprint density at radius 1 is 1.32 bits per heavy atom. The zero-order valence-corrected chi connectivity index (χ0v) is 14.9. The molecule has 132 valence electrons. The summed E-state index contributed by atoms with van der Waals surface area (Å²) in [5.41, 5.74) is 1.44. The summed E-state index contributed by atoms with van der Waals surface area (Å²) in [7, 11) is 0. The predicted molar refractivity (Wildman–Crippen MR) is 97.4 cm³/mol. The number of carbonyl (C=O) groups excluding carboxylic acids is 2. The standard InChI is InChI=1S/C18H20FN3O2S/c1-3-10-20-17(24)12(2)21-16(23)9-8-15-11-25-18(22-15)13-4-6-14(19)7-5-13/h4-9,11-12H,3,10H2,1-2H3,(H,20,24)(H,21,23)/b9-8+. The largest absolute Gasteiger partial charge is 0.354 e. The third kappa shape index (κ3) is 5.79. The fraction of sp³-hybridized carbons (Fsp3) is 0.278. The first-order chi connectivity index (χ1) is 12.0.